The van der Waals surface area contributed by atoms with Gasteiger partial charge >= 0.3 is 0 Å². The number of anilines is 1. The molecule has 0 fully saturated rings. The molecule has 7 heteroatoms. The Kier molecular flexibility index (Phi) is 17.1. The van der Waals surface area contributed by atoms with E-state index in [1.165, 1.54) is 76.2 Å². The van der Waals surface area contributed by atoms with E-state index in [2.05, 4.69) is 33.9 Å². The summed E-state index contributed by atoms with van der Waals surface area (Å²) in [6, 6.07) is 13.5. The zero-order chi connectivity index (χ0) is 26.8. The van der Waals surface area contributed by atoms with Gasteiger partial charge in [-0.05, 0) is 30.7 Å². The summed E-state index contributed by atoms with van der Waals surface area (Å²) in [5, 5.41) is 5.68. The van der Waals surface area contributed by atoms with Crippen molar-refractivity contribution in [2.24, 2.45) is 0 Å². The van der Waals surface area contributed by atoms with Crippen LogP contribution in [0.15, 0.2) is 59.6 Å². The number of nitrogens with zero attached hydrogens (tertiary/aromatic N) is 1. The largest absolute Gasteiger partial charge is 1.00 e. The highest BCUT2D eigenvalue weighted by Crippen LogP contribution is 2.25. The van der Waals surface area contributed by atoms with E-state index in [1.807, 2.05) is 42.5 Å². The highest BCUT2D eigenvalue weighted by Gasteiger charge is 2.11. The summed E-state index contributed by atoms with van der Waals surface area (Å²) in [4.78, 5) is 12.7. The molecule has 1 aromatic heterocycles. The molecule has 3 aromatic rings. The Hall–Kier alpha value is -1.89. The number of amides is 1. The minimum atomic E-state index is -0.0671. The van der Waals surface area contributed by atoms with Gasteiger partial charge in [-0.2, -0.15) is 4.57 Å². The quantitative estimate of drug-likeness (QED) is 0.130. The first-order valence-electron chi connectivity index (χ1n) is 14.4. The molecule has 0 saturated carbocycles. The van der Waals surface area contributed by atoms with Gasteiger partial charge in [0.25, 0.3) is 0 Å². The number of unbranched alkanes of at least 4 members (excludes halogenated alkanes) is 11. The van der Waals surface area contributed by atoms with Crippen LogP contribution in [0.5, 0.6) is 5.75 Å². The van der Waals surface area contributed by atoms with E-state index in [0.717, 1.165) is 24.2 Å². The number of carbonyl (C=O) groups excluding carboxylic acids is 1. The molecule has 0 saturated heterocycles. The number of thiazole rings is 1. The maximum atomic E-state index is 12.7. The average Bonchev–Trinajstić information content (AvgIpc) is 3.42. The molecule has 0 unspecified atom stereocenters. The molecule has 0 aliphatic heterocycles. The molecule has 0 spiro atoms. The maximum Gasteiger partial charge on any atom is 0.228 e. The summed E-state index contributed by atoms with van der Waals surface area (Å²) in [5.41, 5.74) is 4.93. The van der Waals surface area contributed by atoms with Crippen LogP contribution in [-0.4, -0.2) is 12.5 Å². The number of hydrogen-bond acceptors (Lipinski definition) is 3. The van der Waals surface area contributed by atoms with Crippen LogP contribution >= 0.6 is 22.9 Å². The number of aromatic nitrogens is 1. The van der Waals surface area contributed by atoms with Crippen LogP contribution in [0.2, 0.25) is 5.02 Å². The molecule has 1 N–H and O–H groups in total. The number of hydrogen-bond donors (Lipinski definition) is 1. The SMILES string of the molecule is CCCCCCCCCCCCCCOc1cc(Cl)ccc1CC(=O)Nc1ccc(C[n+]2ccsc2)cc1.[Br-]. The number of rotatable bonds is 19. The van der Waals surface area contributed by atoms with Crippen molar-refractivity contribution in [1.29, 1.82) is 0 Å². The molecule has 214 valence electrons. The van der Waals surface area contributed by atoms with E-state index in [4.69, 9.17) is 16.3 Å². The Balaban J connectivity index is 0.00000533. The van der Waals surface area contributed by atoms with Gasteiger partial charge in [0.1, 0.15) is 5.75 Å². The molecule has 0 radical (unpaired) electrons. The molecule has 3 rings (SSSR count). The second-order valence-corrected chi connectivity index (χ2v) is 11.3. The fraction of sp³-hybridized carbons (Fsp3) is 0.500. The lowest BCUT2D eigenvalue weighted by Gasteiger charge is -2.13. The van der Waals surface area contributed by atoms with Crippen molar-refractivity contribution in [2.75, 3.05) is 11.9 Å². The summed E-state index contributed by atoms with van der Waals surface area (Å²) < 4.78 is 8.20. The van der Waals surface area contributed by atoms with Crippen molar-refractivity contribution < 1.29 is 31.1 Å². The highest BCUT2D eigenvalue weighted by atomic mass is 79.9. The molecule has 4 nitrogen and oxygen atoms in total. The Morgan fingerprint density at radius 1 is 0.897 bits per heavy atom. The minimum absolute atomic E-state index is 0. The summed E-state index contributed by atoms with van der Waals surface area (Å²) >= 11 is 7.90. The van der Waals surface area contributed by atoms with Gasteiger partial charge in [-0.15, -0.1) is 0 Å². The summed E-state index contributed by atoms with van der Waals surface area (Å²) in [7, 11) is 0. The Morgan fingerprint density at radius 2 is 1.54 bits per heavy atom. The standard InChI is InChI=1S/C32H43ClN2O2S.BrH/c1-2-3-4-5-6-7-8-9-10-11-12-13-21-37-31-24-29(33)17-16-28(31)23-32(36)34-30-18-14-27(15-19-30)25-35-20-22-38-26-35;/h14-20,22,24,26H,2-13,21,23,25H2,1H3;1H. The van der Waals surface area contributed by atoms with Gasteiger partial charge in [-0.1, -0.05) is 119 Å². The van der Waals surface area contributed by atoms with Gasteiger partial charge < -0.3 is 27.0 Å². The number of halogens is 2. The van der Waals surface area contributed by atoms with Gasteiger partial charge in [-0.3, -0.25) is 4.79 Å². The van der Waals surface area contributed by atoms with Gasteiger partial charge in [-0.25, -0.2) is 0 Å². The fourth-order valence-electron chi connectivity index (χ4n) is 4.57. The van der Waals surface area contributed by atoms with E-state index in [0.29, 0.717) is 17.4 Å². The Morgan fingerprint density at radius 3 is 2.15 bits per heavy atom. The smallest absolute Gasteiger partial charge is 0.228 e. The third-order valence-corrected chi connectivity index (χ3v) is 7.67. The second kappa shape index (κ2) is 20.1. The van der Waals surface area contributed by atoms with Gasteiger partial charge in [0.05, 0.1) is 18.4 Å². The second-order valence-electron chi connectivity index (χ2n) is 10.1. The first-order valence-corrected chi connectivity index (χ1v) is 15.7. The number of benzene rings is 2. The lowest BCUT2D eigenvalue weighted by molar-refractivity contribution is -0.683. The average molecular weight is 636 g/mol. The number of ether oxygens (including phenoxy) is 1. The number of carbonyl (C=O) groups is 1. The van der Waals surface area contributed by atoms with Crippen LogP contribution in [-0.2, 0) is 17.8 Å². The molecule has 2 aromatic carbocycles. The van der Waals surface area contributed by atoms with Crippen LogP contribution in [0.4, 0.5) is 5.69 Å². The van der Waals surface area contributed by atoms with Crippen molar-refractivity contribution in [3.05, 3.63) is 75.7 Å². The van der Waals surface area contributed by atoms with Crippen LogP contribution in [0.3, 0.4) is 0 Å². The summed E-state index contributed by atoms with van der Waals surface area (Å²) in [5.74, 6) is 0.640. The van der Waals surface area contributed by atoms with Crippen molar-refractivity contribution in [2.45, 2.75) is 96.9 Å². The molecule has 0 bridgehead atoms. The lowest BCUT2D eigenvalue weighted by Crippen LogP contribution is -3.00. The third kappa shape index (κ3) is 13.8. The molecule has 0 aliphatic rings. The summed E-state index contributed by atoms with van der Waals surface area (Å²) in [6.07, 6.45) is 18.1. The molecule has 1 amide bonds. The molecular weight excluding hydrogens is 592 g/mol. The maximum absolute atomic E-state index is 12.7. The first kappa shape index (κ1) is 33.3. The first-order chi connectivity index (χ1) is 18.6. The molecule has 0 aliphatic carbocycles. The highest BCUT2D eigenvalue weighted by molar-refractivity contribution is 7.07. The third-order valence-electron chi connectivity index (χ3n) is 6.77. The predicted molar refractivity (Wildman–Crippen MR) is 160 cm³/mol. The van der Waals surface area contributed by atoms with Crippen LogP contribution < -0.4 is 31.6 Å². The van der Waals surface area contributed by atoms with E-state index < -0.39 is 0 Å². The van der Waals surface area contributed by atoms with E-state index >= 15 is 0 Å². The zero-order valence-electron chi connectivity index (χ0n) is 23.3. The molecule has 39 heavy (non-hydrogen) atoms. The molecule has 1 heterocycles. The summed E-state index contributed by atoms with van der Waals surface area (Å²) in [6.45, 7) is 3.74. The minimum Gasteiger partial charge on any atom is -1.00 e. The van der Waals surface area contributed by atoms with Crippen molar-refractivity contribution in [3.8, 4) is 5.75 Å². The Labute approximate surface area is 254 Å². The topological polar surface area (TPSA) is 42.2 Å². The fourth-order valence-corrected chi connectivity index (χ4v) is 5.33. The van der Waals surface area contributed by atoms with Gasteiger partial charge in [0.2, 0.25) is 11.4 Å². The van der Waals surface area contributed by atoms with Crippen molar-refractivity contribution >= 4 is 34.5 Å². The van der Waals surface area contributed by atoms with E-state index in [9.17, 15) is 4.79 Å². The van der Waals surface area contributed by atoms with Crippen molar-refractivity contribution in [3.63, 3.8) is 0 Å². The van der Waals surface area contributed by atoms with Gasteiger partial charge in [0.15, 0.2) is 12.7 Å². The Bertz CT molecular complexity index is 1060. The van der Waals surface area contributed by atoms with Gasteiger partial charge in [0, 0.05) is 21.8 Å². The zero-order valence-corrected chi connectivity index (χ0v) is 26.5. The normalized spacial score (nSPS) is 10.7. The predicted octanol–water partition coefficient (Wildman–Crippen LogP) is 6.00. The molecular formula is C32H44BrClN2O2S. The number of nitrogens with one attached hydrogen (secondary N) is 1. The van der Waals surface area contributed by atoms with E-state index in [1.54, 1.807) is 11.3 Å². The van der Waals surface area contributed by atoms with Crippen molar-refractivity contribution in [1.82, 2.24) is 0 Å². The van der Waals surface area contributed by atoms with E-state index in [-0.39, 0.29) is 29.3 Å². The van der Waals surface area contributed by atoms with Crippen LogP contribution in [0, 0.1) is 0 Å². The molecule has 0 atom stereocenters. The van der Waals surface area contributed by atoms with Crippen LogP contribution in [0.1, 0.15) is 95.1 Å². The lowest BCUT2D eigenvalue weighted by atomic mass is 10.1. The monoisotopic (exact) mass is 634 g/mol. The van der Waals surface area contributed by atoms with Crippen LogP contribution in [0.25, 0.3) is 0 Å².